The van der Waals surface area contributed by atoms with Crippen LogP contribution in [-0.2, 0) is 10.0 Å². The summed E-state index contributed by atoms with van der Waals surface area (Å²) < 4.78 is 24.8. The molecule has 1 aromatic heterocycles. The molecule has 0 spiro atoms. The third-order valence-corrected chi connectivity index (χ3v) is 4.11. The number of sulfonamides is 1. The molecule has 1 heterocycles. The van der Waals surface area contributed by atoms with Gasteiger partial charge in [0.15, 0.2) is 0 Å². The molecule has 0 amide bonds. The molecule has 1 aromatic rings. The lowest BCUT2D eigenvalue weighted by Gasteiger charge is -2.16. The first-order valence-corrected chi connectivity index (χ1v) is 6.19. The van der Waals surface area contributed by atoms with Crippen LogP contribution in [0.15, 0.2) is 23.4 Å². The molecule has 0 atom stereocenters. The van der Waals surface area contributed by atoms with E-state index in [0.717, 1.165) is 10.5 Å². The van der Waals surface area contributed by atoms with Crippen molar-refractivity contribution in [3.63, 3.8) is 0 Å². The third kappa shape index (κ3) is 2.92. The molecule has 0 bridgehead atoms. The zero-order chi connectivity index (χ0) is 12.9. The SMILES string of the molecule is N#CCN(CC#N)S(=O)(=O)c1cnccc1Cl. The van der Waals surface area contributed by atoms with Gasteiger partial charge in [-0.05, 0) is 6.07 Å². The molecule has 0 saturated heterocycles. The van der Waals surface area contributed by atoms with Gasteiger partial charge in [-0.3, -0.25) is 4.98 Å². The van der Waals surface area contributed by atoms with Crippen molar-refractivity contribution >= 4 is 21.6 Å². The number of halogens is 1. The Kier molecular flexibility index (Phi) is 4.41. The topological polar surface area (TPSA) is 97.9 Å². The van der Waals surface area contributed by atoms with Crippen LogP contribution in [0.2, 0.25) is 5.02 Å². The lowest BCUT2D eigenvalue weighted by Crippen LogP contribution is -2.32. The van der Waals surface area contributed by atoms with Gasteiger partial charge in [0.2, 0.25) is 10.0 Å². The Hall–Kier alpha value is -1.67. The summed E-state index contributed by atoms with van der Waals surface area (Å²) in [4.78, 5) is 3.44. The van der Waals surface area contributed by atoms with Crippen LogP contribution in [-0.4, -0.2) is 30.8 Å². The van der Waals surface area contributed by atoms with Gasteiger partial charge in [0, 0.05) is 12.4 Å². The van der Waals surface area contributed by atoms with Crippen LogP contribution in [0.3, 0.4) is 0 Å². The van der Waals surface area contributed by atoms with Gasteiger partial charge in [-0.15, -0.1) is 0 Å². The second-order valence-corrected chi connectivity index (χ2v) is 5.21. The van der Waals surface area contributed by atoms with E-state index in [1.807, 2.05) is 0 Å². The van der Waals surface area contributed by atoms with E-state index in [9.17, 15) is 8.42 Å². The van der Waals surface area contributed by atoms with E-state index in [1.54, 1.807) is 12.1 Å². The average molecular weight is 271 g/mol. The predicted octanol–water partition coefficient (Wildman–Crippen LogP) is 0.773. The summed E-state index contributed by atoms with van der Waals surface area (Å²) in [5, 5.41) is 17.1. The second-order valence-electron chi connectivity index (χ2n) is 2.90. The Morgan fingerprint density at radius 3 is 2.41 bits per heavy atom. The summed E-state index contributed by atoms with van der Waals surface area (Å²) in [6, 6.07) is 4.68. The maximum absolute atomic E-state index is 12.0. The van der Waals surface area contributed by atoms with Crippen LogP contribution in [0.25, 0.3) is 0 Å². The van der Waals surface area contributed by atoms with Crippen molar-refractivity contribution in [3.8, 4) is 12.1 Å². The molecule has 0 saturated carbocycles. The first-order chi connectivity index (χ1) is 8.04. The normalized spacial score (nSPS) is 10.8. The highest BCUT2D eigenvalue weighted by atomic mass is 35.5. The van der Waals surface area contributed by atoms with Gasteiger partial charge in [0.05, 0.1) is 17.2 Å². The standard InChI is InChI=1S/C9H7ClN4O2S/c10-8-1-4-13-7-9(8)17(15,16)14(5-2-11)6-3-12/h1,4,7H,5-6H2. The van der Waals surface area contributed by atoms with Crippen LogP contribution in [0.1, 0.15) is 0 Å². The average Bonchev–Trinajstić information content (AvgIpc) is 2.29. The molecule has 1 rings (SSSR count). The molecule has 0 aliphatic rings. The molecule has 17 heavy (non-hydrogen) atoms. The van der Waals surface area contributed by atoms with Crippen molar-refractivity contribution in [2.45, 2.75) is 4.90 Å². The highest BCUT2D eigenvalue weighted by molar-refractivity contribution is 7.89. The quantitative estimate of drug-likeness (QED) is 0.753. The first kappa shape index (κ1) is 13.4. The van der Waals surface area contributed by atoms with Gasteiger partial charge in [0.1, 0.15) is 18.0 Å². The number of nitriles is 2. The molecule has 0 aliphatic heterocycles. The Bertz CT molecular complexity index is 572. The highest BCUT2D eigenvalue weighted by Gasteiger charge is 2.26. The largest absolute Gasteiger partial charge is 0.263 e. The monoisotopic (exact) mass is 270 g/mol. The van der Waals surface area contributed by atoms with E-state index in [4.69, 9.17) is 22.1 Å². The third-order valence-electron chi connectivity index (χ3n) is 1.85. The molecular formula is C9H7ClN4O2S. The maximum atomic E-state index is 12.0. The van der Waals surface area contributed by atoms with Crippen LogP contribution in [0.5, 0.6) is 0 Å². The number of hydrogen-bond donors (Lipinski definition) is 0. The number of rotatable bonds is 4. The summed E-state index contributed by atoms with van der Waals surface area (Å²) >= 11 is 5.74. The van der Waals surface area contributed by atoms with Gasteiger partial charge >= 0.3 is 0 Å². The zero-order valence-electron chi connectivity index (χ0n) is 8.54. The number of pyridine rings is 1. The summed E-state index contributed by atoms with van der Waals surface area (Å²) in [6.45, 7) is -0.831. The van der Waals surface area contributed by atoms with Crippen molar-refractivity contribution < 1.29 is 8.42 Å². The molecular weight excluding hydrogens is 264 g/mol. The van der Waals surface area contributed by atoms with Crippen LogP contribution < -0.4 is 0 Å². The van der Waals surface area contributed by atoms with Crippen molar-refractivity contribution in [1.29, 1.82) is 10.5 Å². The summed E-state index contributed by atoms with van der Waals surface area (Å²) in [5.41, 5.74) is 0. The van der Waals surface area contributed by atoms with E-state index < -0.39 is 23.1 Å². The van der Waals surface area contributed by atoms with Crippen molar-refractivity contribution in [2.24, 2.45) is 0 Å². The van der Waals surface area contributed by atoms with E-state index in [2.05, 4.69) is 4.98 Å². The minimum atomic E-state index is -3.96. The number of hydrogen-bond acceptors (Lipinski definition) is 5. The molecule has 6 nitrogen and oxygen atoms in total. The molecule has 88 valence electrons. The fourth-order valence-electron chi connectivity index (χ4n) is 1.08. The van der Waals surface area contributed by atoms with Crippen LogP contribution in [0, 0.1) is 22.7 Å². The van der Waals surface area contributed by atoms with Crippen molar-refractivity contribution in [1.82, 2.24) is 9.29 Å². The molecule has 0 unspecified atom stereocenters. The minimum Gasteiger partial charge on any atom is -0.263 e. The first-order valence-electron chi connectivity index (χ1n) is 4.37. The van der Waals surface area contributed by atoms with E-state index in [0.29, 0.717) is 0 Å². The minimum absolute atomic E-state index is 0.000814. The Morgan fingerprint density at radius 1 is 1.35 bits per heavy atom. The summed E-state index contributed by atoms with van der Waals surface area (Å²) in [5.74, 6) is 0. The van der Waals surface area contributed by atoms with Gasteiger partial charge in [-0.1, -0.05) is 11.6 Å². The Labute approximate surface area is 104 Å². The molecule has 0 radical (unpaired) electrons. The fourth-order valence-corrected chi connectivity index (χ4v) is 2.72. The molecule has 0 aromatic carbocycles. The number of nitrogens with zero attached hydrogens (tertiary/aromatic N) is 4. The van der Waals surface area contributed by atoms with E-state index in [1.165, 1.54) is 12.3 Å². The fraction of sp³-hybridized carbons (Fsp3) is 0.222. The van der Waals surface area contributed by atoms with Crippen LogP contribution in [0.4, 0.5) is 0 Å². The molecule has 0 N–H and O–H groups in total. The second kappa shape index (κ2) is 5.60. The number of aromatic nitrogens is 1. The molecule has 0 fully saturated rings. The molecule has 0 aliphatic carbocycles. The lowest BCUT2D eigenvalue weighted by atomic mass is 10.5. The smallest absolute Gasteiger partial charge is 0.247 e. The van der Waals surface area contributed by atoms with Gasteiger partial charge in [-0.25, -0.2) is 8.42 Å². The Balaban J connectivity index is 3.23. The van der Waals surface area contributed by atoms with Crippen molar-refractivity contribution in [2.75, 3.05) is 13.1 Å². The zero-order valence-corrected chi connectivity index (χ0v) is 10.1. The van der Waals surface area contributed by atoms with E-state index >= 15 is 0 Å². The Morgan fingerprint density at radius 2 is 1.94 bits per heavy atom. The summed E-state index contributed by atoms with van der Waals surface area (Å²) in [7, 11) is -3.96. The summed E-state index contributed by atoms with van der Waals surface area (Å²) in [6.07, 6.45) is 2.43. The maximum Gasteiger partial charge on any atom is 0.247 e. The lowest BCUT2D eigenvalue weighted by molar-refractivity contribution is 0.479. The van der Waals surface area contributed by atoms with Crippen LogP contribution >= 0.6 is 11.6 Å². The van der Waals surface area contributed by atoms with Gasteiger partial charge in [-0.2, -0.15) is 14.8 Å². The van der Waals surface area contributed by atoms with Crippen molar-refractivity contribution in [3.05, 3.63) is 23.5 Å². The van der Waals surface area contributed by atoms with Gasteiger partial charge < -0.3 is 0 Å². The molecule has 8 heteroatoms. The highest BCUT2D eigenvalue weighted by Crippen LogP contribution is 2.22. The van der Waals surface area contributed by atoms with E-state index in [-0.39, 0.29) is 9.92 Å². The predicted molar refractivity (Wildman–Crippen MR) is 59.2 cm³/mol. The van der Waals surface area contributed by atoms with Gasteiger partial charge in [0.25, 0.3) is 0 Å².